The van der Waals surface area contributed by atoms with Crippen molar-refractivity contribution < 1.29 is 0 Å². The van der Waals surface area contributed by atoms with Crippen LogP contribution in [0.1, 0.15) is 35.5 Å². The summed E-state index contributed by atoms with van der Waals surface area (Å²) in [5, 5.41) is 3.51. The molecular weight excluding hydrogens is 222 g/mol. The average molecular weight is 243 g/mol. The molecule has 1 N–H and O–H groups in total. The molecule has 0 fully saturated rings. The predicted molar refractivity (Wildman–Crippen MR) is 74.4 cm³/mol. The molecule has 2 rings (SSSR count). The van der Waals surface area contributed by atoms with Crippen molar-refractivity contribution in [3.63, 3.8) is 0 Å². The standard InChI is InChI=1S/C15H21N3/c1-11-5-6-14(9-12(11)2)13(3)17-10-15-16-7-8-18(15)4/h5-9,13,17H,10H2,1-4H3. The smallest absolute Gasteiger partial charge is 0.122 e. The molecule has 18 heavy (non-hydrogen) atoms. The van der Waals surface area contributed by atoms with Crippen LogP contribution in [0.25, 0.3) is 0 Å². The third kappa shape index (κ3) is 2.79. The lowest BCUT2D eigenvalue weighted by Gasteiger charge is -2.15. The van der Waals surface area contributed by atoms with Crippen molar-refractivity contribution in [2.75, 3.05) is 0 Å². The van der Waals surface area contributed by atoms with Crippen LogP contribution in [0.2, 0.25) is 0 Å². The average Bonchev–Trinajstić information content (AvgIpc) is 2.75. The van der Waals surface area contributed by atoms with Gasteiger partial charge >= 0.3 is 0 Å². The summed E-state index contributed by atoms with van der Waals surface area (Å²) in [5.74, 6) is 1.06. The van der Waals surface area contributed by atoms with Crippen molar-refractivity contribution in [2.24, 2.45) is 7.05 Å². The number of aryl methyl sites for hydroxylation is 3. The van der Waals surface area contributed by atoms with E-state index in [2.05, 4.69) is 49.3 Å². The lowest BCUT2D eigenvalue weighted by atomic mass is 10.0. The summed E-state index contributed by atoms with van der Waals surface area (Å²) in [4.78, 5) is 4.31. The highest BCUT2D eigenvalue weighted by molar-refractivity contribution is 5.31. The number of aromatic nitrogens is 2. The van der Waals surface area contributed by atoms with E-state index in [-0.39, 0.29) is 0 Å². The largest absolute Gasteiger partial charge is 0.337 e. The maximum atomic E-state index is 4.31. The van der Waals surface area contributed by atoms with Gasteiger partial charge in [0.1, 0.15) is 5.82 Å². The molecule has 0 aliphatic carbocycles. The van der Waals surface area contributed by atoms with Crippen LogP contribution in [0.5, 0.6) is 0 Å². The first-order valence-electron chi connectivity index (χ1n) is 6.34. The number of imidazole rings is 1. The van der Waals surface area contributed by atoms with E-state index in [1.165, 1.54) is 16.7 Å². The SMILES string of the molecule is Cc1ccc(C(C)NCc2nccn2C)cc1C. The van der Waals surface area contributed by atoms with Crippen LogP contribution in [0.15, 0.2) is 30.6 Å². The predicted octanol–water partition coefficient (Wildman–Crippen LogP) is 2.89. The second-order valence-corrected chi connectivity index (χ2v) is 4.90. The molecule has 0 saturated heterocycles. The Morgan fingerprint density at radius 3 is 2.67 bits per heavy atom. The third-order valence-electron chi connectivity index (χ3n) is 3.52. The lowest BCUT2D eigenvalue weighted by Crippen LogP contribution is -2.20. The molecule has 0 aliphatic rings. The first-order valence-corrected chi connectivity index (χ1v) is 6.34. The van der Waals surface area contributed by atoms with Crippen molar-refractivity contribution in [1.29, 1.82) is 0 Å². The molecule has 1 unspecified atom stereocenters. The van der Waals surface area contributed by atoms with Crippen molar-refractivity contribution in [3.05, 3.63) is 53.1 Å². The van der Waals surface area contributed by atoms with Gasteiger partial charge in [0.15, 0.2) is 0 Å². The molecule has 1 aromatic heterocycles. The zero-order chi connectivity index (χ0) is 13.1. The minimum absolute atomic E-state index is 0.334. The minimum Gasteiger partial charge on any atom is -0.337 e. The second-order valence-electron chi connectivity index (χ2n) is 4.90. The van der Waals surface area contributed by atoms with Gasteiger partial charge in [0.25, 0.3) is 0 Å². The Balaban J connectivity index is 2.01. The quantitative estimate of drug-likeness (QED) is 0.895. The van der Waals surface area contributed by atoms with Crippen LogP contribution >= 0.6 is 0 Å². The molecule has 1 aromatic carbocycles. The van der Waals surface area contributed by atoms with Crippen molar-refractivity contribution in [1.82, 2.24) is 14.9 Å². The molecule has 1 heterocycles. The lowest BCUT2D eigenvalue weighted by molar-refractivity contribution is 0.549. The molecule has 3 heteroatoms. The van der Waals surface area contributed by atoms with Crippen molar-refractivity contribution in [2.45, 2.75) is 33.4 Å². The van der Waals surface area contributed by atoms with Crippen LogP contribution < -0.4 is 5.32 Å². The molecule has 0 spiro atoms. The first-order chi connectivity index (χ1) is 8.58. The highest BCUT2D eigenvalue weighted by Gasteiger charge is 2.07. The van der Waals surface area contributed by atoms with E-state index in [9.17, 15) is 0 Å². The molecule has 0 saturated carbocycles. The van der Waals surface area contributed by atoms with E-state index < -0.39 is 0 Å². The van der Waals surface area contributed by atoms with Crippen LogP contribution in [0.4, 0.5) is 0 Å². The van der Waals surface area contributed by atoms with Gasteiger partial charge in [-0.1, -0.05) is 18.2 Å². The summed E-state index contributed by atoms with van der Waals surface area (Å²) in [7, 11) is 2.02. The number of hydrogen-bond donors (Lipinski definition) is 1. The number of nitrogens with one attached hydrogen (secondary N) is 1. The van der Waals surface area contributed by atoms with Gasteiger partial charge in [0.05, 0.1) is 6.54 Å². The zero-order valence-electron chi connectivity index (χ0n) is 11.6. The Bertz CT molecular complexity index is 528. The Morgan fingerprint density at radius 2 is 2.06 bits per heavy atom. The first kappa shape index (κ1) is 12.8. The summed E-state index contributed by atoms with van der Waals surface area (Å²) in [6.45, 7) is 7.28. The molecule has 3 nitrogen and oxygen atoms in total. The van der Waals surface area contributed by atoms with E-state index in [4.69, 9.17) is 0 Å². The van der Waals surface area contributed by atoms with Crippen LogP contribution in [-0.2, 0) is 13.6 Å². The fraction of sp³-hybridized carbons (Fsp3) is 0.400. The van der Waals surface area contributed by atoms with Gasteiger partial charge in [-0.15, -0.1) is 0 Å². The number of rotatable bonds is 4. The summed E-state index contributed by atoms with van der Waals surface area (Å²) < 4.78 is 2.04. The Labute approximate surface area is 109 Å². The maximum Gasteiger partial charge on any atom is 0.122 e. The van der Waals surface area contributed by atoms with Crippen LogP contribution in [0.3, 0.4) is 0 Å². The summed E-state index contributed by atoms with van der Waals surface area (Å²) in [6.07, 6.45) is 3.80. The summed E-state index contributed by atoms with van der Waals surface area (Å²) in [5.41, 5.74) is 4.01. The Hall–Kier alpha value is -1.61. The van der Waals surface area contributed by atoms with E-state index in [1.807, 2.05) is 24.0 Å². The van der Waals surface area contributed by atoms with Crippen molar-refractivity contribution in [3.8, 4) is 0 Å². The fourth-order valence-electron chi connectivity index (χ4n) is 1.96. The van der Waals surface area contributed by atoms with E-state index in [0.29, 0.717) is 6.04 Å². The van der Waals surface area contributed by atoms with Gasteiger partial charge in [-0.2, -0.15) is 0 Å². The topological polar surface area (TPSA) is 29.9 Å². The maximum absolute atomic E-state index is 4.31. The molecular formula is C15H21N3. The van der Waals surface area contributed by atoms with E-state index in [0.717, 1.165) is 12.4 Å². The zero-order valence-corrected chi connectivity index (χ0v) is 11.6. The van der Waals surface area contributed by atoms with Gasteiger partial charge in [-0.3, -0.25) is 0 Å². The van der Waals surface area contributed by atoms with Crippen LogP contribution in [0, 0.1) is 13.8 Å². The molecule has 1 atom stereocenters. The fourth-order valence-corrected chi connectivity index (χ4v) is 1.96. The second kappa shape index (κ2) is 5.36. The normalized spacial score (nSPS) is 12.7. The summed E-state index contributed by atoms with van der Waals surface area (Å²) in [6, 6.07) is 6.97. The number of nitrogens with zero attached hydrogens (tertiary/aromatic N) is 2. The van der Waals surface area contributed by atoms with Crippen molar-refractivity contribution >= 4 is 0 Å². The van der Waals surface area contributed by atoms with E-state index in [1.54, 1.807) is 0 Å². The third-order valence-corrected chi connectivity index (χ3v) is 3.52. The Morgan fingerprint density at radius 1 is 1.28 bits per heavy atom. The highest BCUT2D eigenvalue weighted by atomic mass is 15.1. The van der Waals surface area contributed by atoms with E-state index >= 15 is 0 Å². The highest BCUT2D eigenvalue weighted by Crippen LogP contribution is 2.17. The van der Waals surface area contributed by atoms with Gasteiger partial charge < -0.3 is 9.88 Å². The van der Waals surface area contributed by atoms with Gasteiger partial charge in [0, 0.05) is 25.5 Å². The van der Waals surface area contributed by atoms with Gasteiger partial charge in [-0.25, -0.2) is 4.98 Å². The minimum atomic E-state index is 0.334. The summed E-state index contributed by atoms with van der Waals surface area (Å²) >= 11 is 0. The molecule has 0 bridgehead atoms. The number of hydrogen-bond acceptors (Lipinski definition) is 2. The van der Waals surface area contributed by atoms with Crippen LogP contribution in [-0.4, -0.2) is 9.55 Å². The van der Waals surface area contributed by atoms with Gasteiger partial charge in [0.2, 0.25) is 0 Å². The molecule has 2 aromatic rings. The molecule has 0 amide bonds. The molecule has 96 valence electrons. The molecule has 0 radical (unpaired) electrons. The Kier molecular flexibility index (Phi) is 3.82. The van der Waals surface area contributed by atoms with Gasteiger partial charge in [-0.05, 0) is 37.5 Å². The monoisotopic (exact) mass is 243 g/mol. The number of benzene rings is 1. The molecule has 0 aliphatic heterocycles.